The lowest BCUT2D eigenvalue weighted by molar-refractivity contribution is 0.268. The number of benzene rings is 1. The molecule has 0 heterocycles. The first-order valence-electron chi connectivity index (χ1n) is 4.61. The SMILES string of the molecule is C=C(C)COc1ccc(C)cc1CO. The molecule has 0 amide bonds. The molecule has 1 aromatic rings. The molecule has 76 valence electrons. The van der Waals surface area contributed by atoms with E-state index in [1.54, 1.807) is 0 Å². The Morgan fingerprint density at radius 2 is 2.21 bits per heavy atom. The van der Waals surface area contributed by atoms with E-state index in [0.29, 0.717) is 6.61 Å². The number of hydrogen-bond donors (Lipinski definition) is 1. The highest BCUT2D eigenvalue weighted by Gasteiger charge is 2.02. The van der Waals surface area contributed by atoms with E-state index in [2.05, 4.69) is 6.58 Å². The van der Waals surface area contributed by atoms with Gasteiger partial charge in [-0.3, -0.25) is 0 Å². The molecule has 0 bridgehead atoms. The molecule has 1 rings (SSSR count). The normalized spacial score (nSPS) is 9.93. The van der Waals surface area contributed by atoms with Gasteiger partial charge in [-0.15, -0.1) is 0 Å². The van der Waals surface area contributed by atoms with Crippen molar-refractivity contribution in [1.82, 2.24) is 0 Å². The van der Waals surface area contributed by atoms with Crippen LogP contribution in [-0.2, 0) is 6.61 Å². The predicted molar refractivity (Wildman–Crippen MR) is 57.4 cm³/mol. The van der Waals surface area contributed by atoms with E-state index >= 15 is 0 Å². The van der Waals surface area contributed by atoms with Crippen LogP contribution in [0, 0.1) is 6.92 Å². The minimum atomic E-state index is 0.00715. The number of aliphatic hydroxyl groups is 1. The number of aryl methyl sites for hydroxylation is 1. The second kappa shape index (κ2) is 4.82. The molecule has 2 nitrogen and oxygen atoms in total. The molecule has 0 atom stereocenters. The van der Waals surface area contributed by atoms with Gasteiger partial charge >= 0.3 is 0 Å². The minimum Gasteiger partial charge on any atom is -0.489 e. The highest BCUT2D eigenvalue weighted by Crippen LogP contribution is 2.20. The summed E-state index contributed by atoms with van der Waals surface area (Å²) in [5, 5.41) is 9.11. The van der Waals surface area contributed by atoms with Crippen LogP contribution in [0.5, 0.6) is 5.75 Å². The highest BCUT2D eigenvalue weighted by atomic mass is 16.5. The standard InChI is InChI=1S/C12H16O2/c1-9(2)8-14-12-5-4-10(3)6-11(12)7-13/h4-6,13H,1,7-8H2,2-3H3. The van der Waals surface area contributed by atoms with Gasteiger partial charge in [-0.1, -0.05) is 24.3 Å². The van der Waals surface area contributed by atoms with Crippen LogP contribution in [0.15, 0.2) is 30.4 Å². The molecule has 0 saturated carbocycles. The Labute approximate surface area is 84.8 Å². The van der Waals surface area contributed by atoms with Crippen LogP contribution in [0.1, 0.15) is 18.1 Å². The number of hydrogen-bond acceptors (Lipinski definition) is 2. The van der Waals surface area contributed by atoms with Crippen molar-refractivity contribution in [3.63, 3.8) is 0 Å². The molecule has 0 aromatic heterocycles. The Morgan fingerprint density at radius 1 is 1.50 bits per heavy atom. The monoisotopic (exact) mass is 192 g/mol. The van der Waals surface area contributed by atoms with Crippen LogP contribution >= 0.6 is 0 Å². The maximum Gasteiger partial charge on any atom is 0.125 e. The minimum absolute atomic E-state index is 0.00715. The second-order valence-electron chi connectivity index (χ2n) is 3.52. The third-order valence-corrected chi connectivity index (χ3v) is 1.86. The van der Waals surface area contributed by atoms with E-state index in [-0.39, 0.29) is 6.61 Å². The second-order valence-corrected chi connectivity index (χ2v) is 3.52. The zero-order valence-electron chi connectivity index (χ0n) is 8.71. The smallest absolute Gasteiger partial charge is 0.125 e. The van der Waals surface area contributed by atoms with Crippen molar-refractivity contribution in [1.29, 1.82) is 0 Å². The maximum atomic E-state index is 9.11. The van der Waals surface area contributed by atoms with E-state index in [1.165, 1.54) is 0 Å². The van der Waals surface area contributed by atoms with Crippen LogP contribution < -0.4 is 4.74 Å². The lowest BCUT2D eigenvalue weighted by atomic mass is 10.1. The summed E-state index contributed by atoms with van der Waals surface area (Å²) in [6.45, 7) is 8.16. The third-order valence-electron chi connectivity index (χ3n) is 1.86. The van der Waals surface area contributed by atoms with Gasteiger partial charge in [0.2, 0.25) is 0 Å². The molecule has 0 aliphatic carbocycles. The molecule has 0 aliphatic rings. The van der Waals surface area contributed by atoms with Gasteiger partial charge < -0.3 is 9.84 Å². The summed E-state index contributed by atoms with van der Waals surface area (Å²) in [7, 11) is 0. The van der Waals surface area contributed by atoms with Crippen molar-refractivity contribution in [2.75, 3.05) is 6.61 Å². The van der Waals surface area contributed by atoms with Gasteiger partial charge in [-0.25, -0.2) is 0 Å². The fourth-order valence-corrected chi connectivity index (χ4v) is 1.17. The molecule has 14 heavy (non-hydrogen) atoms. The summed E-state index contributed by atoms with van der Waals surface area (Å²) >= 11 is 0. The van der Waals surface area contributed by atoms with Gasteiger partial charge in [0, 0.05) is 5.56 Å². The van der Waals surface area contributed by atoms with Crippen LogP contribution in [0.2, 0.25) is 0 Å². The third kappa shape index (κ3) is 2.89. The topological polar surface area (TPSA) is 29.5 Å². The molecule has 1 aromatic carbocycles. The lowest BCUT2D eigenvalue weighted by Gasteiger charge is -2.10. The lowest BCUT2D eigenvalue weighted by Crippen LogP contribution is -2.00. The van der Waals surface area contributed by atoms with E-state index in [0.717, 1.165) is 22.4 Å². The van der Waals surface area contributed by atoms with Gasteiger partial charge in [0.05, 0.1) is 6.61 Å². The molecule has 0 radical (unpaired) electrons. The summed E-state index contributed by atoms with van der Waals surface area (Å²) in [6.07, 6.45) is 0. The number of rotatable bonds is 4. The Kier molecular flexibility index (Phi) is 3.72. The molecule has 0 spiro atoms. The predicted octanol–water partition coefficient (Wildman–Crippen LogP) is 2.44. The van der Waals surface area contributed by atoms with Crippen molar-refractivity contribution in [2.24, 2.45) is 0 Å². The Balaban J connectivity index is 2.80. The van der Waals surface area contributed by atoms with E-state index in [9.17, 15) is 0 Å². The largest absolute Gasteiger partial charge is 0.489 e. The van der Waals surface area contributed by atoms with Crippen molar-refractivity contribution in [3.05, 3.63) is 41.5 Å². The van der Waals surface area contributed by atoms with Gasteiger partial charge in [-0.2, -0.15) is 0 Å². The summed E-state index contributed by atoms with van der Waals surface area (Å²) in [5.41, 5.74) is 2.91. The quantitative estimate of drug-likeness (QED) is 0.742. The van der Waals surface area contributed by atoms with Gasteiger partial charge in [0.25, 0.3) is 0 Å². The maximum absolute atomic E-state index is 9.11. The highest BCUT2D eigenvalue weighted by molar-refractivity contribution is 5.36. The fourth-order valence-electron chi connectivity index (χ4n) is 1.17. The van der Waals surface area contributed by atoms with Crippen LogP contribution in [-0.4, -0.2) is 11.7 Å². The summed E-state index contributed by atoms with van der Waals surface area (Å²) in [4.78, 5) is 0. The summed E-state index contributed by atoms with van der Waals surface area (Å²) < 4.78 is 5.48. The van der Waals surface area contributed by atoms with Crippen molar-refractivity contribution in [2.45, 2.75) is 20.5 Å². The molecular formula is C12H16O2. The fraction of sp³-hybridized carbons (Fsp3) is 0.333. The van der Waals surface area contributed by atoms with Crippen LogP contribution in [0.25, 0.3) is 0 Å². The molecule has 0 saturated heterocycles. The van der Waals surface area contributed by atoms with Gasteiger partial charge in [0.1, 0.15) is 12.4 Å². The first-order chi connectivity index (χ1) is 6.63. The van der Waals surface area contributed by atoms with Crippen LogP contribution in [0.3, 0.4) is 0 Å². The Bertz CT molecular complexity index is 329. The average Bonchev–Trinajstić information content (AvgIpc) is 2.15. The molecule has 2 heteroatoms. The molecule has 0 unspecified atom stereocenters. The van der Waals surface area contributed by atoms with Crippen molar-refractivity contribution in [3.8, 4) is 5.75 Å². The molecule has 0 fully saturated rings. The van der Waals surface area contributed by atoms with Crippen LogP contribution in [0.4, 0.5) is 0 Å². The summed E-state index contributed by atoms with van der Waals surface area (Å²) in [5.74, 6) is 0.737. The first kappa shape index (κ1) is 10.8. The zero-order valence-corrected chi connectivity index (χ0v) is 8.71. The Morgan fingerprint density at radius 3 is 2.79 bits per heavy atom. The van der Waals surface area contributed by atoms with E-state index in [1.807, 2.05) is 32.0 Å². The molecular weight excluding hydrogens is 176 g/mol. The van der Waals surface area contributed by atoms with Crippen molar-refractivity contribution < 1.29 is 9.84 Å². The Hall–Kier alpha value is -1.28. The first-order valence-corrected chi connectivity index (χ1v) is 4.61. The van der Waals surface area contributed by atoms with Gasteiger partial charge in [-0.05, 0) is 25.5 Å². The van der Waals surface area contributed by atoms with E-state index < -0.39 is 0 Å². The van der Waals surface area contributed by atoms with Gasteiger partial charge in [0.15, 0.2) is 0 Å². The zero-order chi connectivity index (χ0) is 10.6. The van der Waals surface area contributed by atoms with E-state index in [4.69, 9.17) is 9.84 Å². The number of aliphatic hydroxyl groups excluding tert-OH is 1. The average molecular weight is 192 g/mol. The molecule has 1 N–H and O–H groups in total. The van der Waals surface area contributed by atoms with Crippen molar-refractivity contribution >= 4 is 0 Å². The summed E-state index contributed by atoms with van der Waals surface area (Å²) in [6, 6.07) is 5.77. The number of ether oxygens (including phenoxy) is 1. The molecule has 0 aliphatic heterocycles.